The van der Waals surface area contributed by atoms with Gasteiger partial charge in [-0.1, -0.05) is 31.5 Å². The third-order valence-electron chi connectivity index (χ3n) is 3.60. The highest BCUT2D eigenvalue weighted by molar-refractivity contribution is 6.31. The van der Waals surface area contributed by atoms with Crippen LogP contribution in [0.1, 0.15) is 31.0 Å². The molecule has 0 spiro atoms. The molecule has 0 fully saturated rings. The molecule has 23 heavy (non-hydrogen) atoms. The topological polar surface area (TPSA) is 66.5 Å². The minimum Gasteiger partial charge on any atom is -0.337 e. The number of nitrogens with one attached hydrogen (secondary N) is 2. The Morgan fingerprint density at radius 1 is 1.17 bits per heavy atom. The Kier molecular flexibility index (Phi) is 4.30. The summed E-state index contributed by atoms with van der Waals surface area (Å²) in [7, 11) is 0. The molecule has 5 nitrogen and oxygen atoms in total. The van der Waals surface area contributed by atoms with Crippen molar-refractivity contribution in [3.05, 3.63) is 52.8 Å². The highest BCUT2D eigenvalue weighted by Gasteiger charge is 2.07. The fourth-order valence-corrected chi connectivity index (χ4v) is 2.34. The monoisotopic (exact) mass is 327 g/mol. The molecule has 6 heteroatoms. The zero-order valence-corrected chi connectivity index (χ0v) is 14.0. The lowest BCUT2D eigenvalue weighted by molar-refractivity contribution is 0.811. The molecule has 0 aliphatic carbocycles. The molecule has 118 valence electrons. The van der Waals surface area contributed by atoms with Crippen LogP contribution in [0.2, 0.25) is 5.02 Å². The van der Waals surface area contributed by atoms with Crippen LogP contribution in [0.15, 0.2) is 36.5 Å². The van der Waals surface area contributed by atoms with E-state index in [0.29, 0.717) is 5.92 Å². The van der Waals surface area contributed by atoms with Gasteiger partial charge in [-0.3, -0.25) is 5.10 Å². The van der Waals surface area contributed by atoms with Gasteiger partial charge in [0.15, 0.2) is 5.82 Å². The van der Waals surface area contributed by atoms with Gasteiger partial charge in [0.2, 0.25) is 0 Å². The van der Waals surface area contributed by atoms with E-state index in [9.17, 15) is 0 Å². The quantitative estimate of drug-likeness (QED) is 0.729. The molecule has 3 rings (SSSR count). The second-order valence-electron chi connectivity index (χ2n) is 5.78. The number of aromatic nitrogens is 4. The molecule has 3 aromatic rings. The molecule has 0 atom stereocenters. The summed E-state index contributed by atoms with van der Waals surface area (Å²) in [6.45, 7) is 6.21. The lowest BCUT2D eigenvalue weighted by atomic mass is 10.1. The van der Waals surface area contributed by atoms with Gasteiger partial charge in [0.1, 0.15) is 0 Å². The summed E-state index contributed by atoms with van der Waals surface area (Å²) in [6.07, 6.45) is 1.68. The number of hydrogen-bond acceptors (Lipinski definition) is 4. The van der Waals surface area contributed by atoms with E-state index in [1.54, 1.807) is 6.20 Å². The van der Waals surface area contributed by atoms with Crippen molar-refractivity contribution >= 4 is 23.1 Å². The highest BCUT2D eigenvalue weighted by Crippen LogP contribution is 2.25. The van der Waals surface area contributed by atoms with Crippen molar-refractivity contribution in [2.45, 2.75) is 26.7 Å². The second-order valence-corrected chi connectivity index (χ2v) is 6.19. The molecule has 0 unspecified atom stereocenters. The average Bonchev–Trinajstić information content (AvgIpc) is 2.99. The van der Waals surface area contributed by atoms with Crippen LogP contribution in [0.4, 0.5) is 11.5 Å². The Balaban J connectivity index is 1.85. The van der Waals surface area contributed by atoms with Crippen molar-refractivity contribution in [1.82, 2.24) is 20.4 Å². The Hall–Kier alpha value is -2.40. The number of hydrogen-bond donors (Lipinski definition) is 2. The van der Waals surface area contributed by atoms with Gasteiger partial charge in [-0.25, -0.2) is 0 Å². The van der Waals surface area contributed by atoms with Crippen LogP contribution < -0.4 is 5.32 Å². The number of aromatic amines is 1. The zero-order valence-electron chi connectivity index (χ0n) is 13.3. The van der Waals surface area contributed by atoms with Crippen LogP contribution in [0.25, 0.3) is 11.3 Å². The molecular formula is C17H18ClN5. The Morgan fingerprint density at radius 3 is 2.70 bits per heavy atom. The van der Waals surface area contributed by atoms with Crippen molar-refractivity contribution in [2.24, 2.45) is 0 Å². The Bertz CT molecular complexity index is 825. The van der Waals surface area contributed by atoms with E-state index in [1.807, 2.05) is 37.3 Å². The lowest BCUT2D eigenvalue weighted by Gasteiger charge is -2.06. The fraction of sp³-hybridized carbons (Fsp3) is 0.235. The van der Waals surface area contributed by atoms with Crippen molar-refractivity contribution in [2.75, 3.05) is 5.32 Å². The third-order valence-corrected chi connectivity index (χ3v) is 4.02. The number of H-pyrrole nitrogens is 1. The van der Waals surface area contributed by atoms with Gasteiger partial charge in [0, 0.05) is 22.3 Å². The molecule has 0 amide bonds. The predicted octanol–water partition coefficient (Wildman–Crippen LogP) is 4.70. The molecule has 1 aromatic carbocycles. The number of nitrogens with zero attached hydrogens (tertiary/aromatic N) is 3. The number of rotatable bonds is 4. The van der Waals surface area contributed by atoms with E-state index >= 15 is 0 Å². The summed E-state index contributed by atoms with van der Waals surface area (Å²) >= 11 is 6.07. The van der Waals surface area contributed by atoms with E-state index in [-0.39, 0.29) is 0 Å². The standard InChI is InChI=1S/C17H18ClN5/c1-10(2)15-8-17(23-22-15)20-13-7-16(21-19-9-13)12-4-5-14(18)11(3)6-12/h4-10H,1-3H3,(H2,20,21,22,23). The van der Waals surface area contributed by atoms with Crippen LogP contribution in [0, 0.1) is 6.92 Å². The number of benzene rings is 1. The number of halogens is 1. The molecule has 2 aromatic heterocycles. The second kappa shape index (κ2) is 6.38. The molecule has 2 N–H and O–H groups in total. The number of anilines is 2. The van der Waals surface area contributed by atoms with Crippen molar-refractivity contribution in [3.63, 3.8) is 0 Å². The van der Waals surface area contributed by atoms with Crippen LogP contribution in [0.5, 0.6) is 0 Å². The smallest absolute Gasteiger partial charge is 0.152 e. The maximum Gasteiger partial charge on any atom is 0.152 e. The third kappa shape index (κ3) is 3.51. The Labute approximate surface area is 140 Å². The summed E-state index contributed by atoms with van der Waals surface area (Å²) in [5, 5.41) is 19.5. The van der Waals surface area contributed by atoms with Gasteiger partial charge in [-0.2, -0.15) is 15.3 Å². The minimum atomic E-state index is 0.404. The van der Waals surface area contributed by atoms with E-state index in [1.165, 1.54) is 0 Å². The SMILES string of the molecule is Cc1cc(-c2cc(Nc3cc(C(C)C)[nH]n3)cnn2)ccc1Cl. The first-order valence-corrected chi connectivity index (χ1v) is 7.82. The van der Waals surface area contributed by atoms with Gasteiger partial charge in [0.05, 0.1) is 17.6 Å². The molecule has 0 aliphatic rings. The first-order valence-electron chi connectivity index (χ1n) is 7.44. The molecule has 0 saturated carbocycles. The predicted molar refractivity (Wildman–Crippen MR) is 93.2 cm³/mol. The molecule has 0 radical (unpaired) electrons. The van der Waals surface area contributed by atoms with E-state index < -0.39 is 0 Å². The molecule has 2 heterocycles. The first kappa shape index (κ1) is 15.5. The van der Waals surface area contributed by atoms with Crippen molar-refractivity contribution < 1.29 is 0 Å². The lowest BCUT2D eigenvalue weighted by Crippen LogP contribution is -1.95. The largest absolute Gasteiger partial charge is 0.337 e. The van der Waals surface area contributed by atoms with Crippen LogP contribution in [-0.4, -0.2) is 20.4 Å². The summed E-state index contributed by atoms with van der Waals surface area (Å²) < 4.78 is 0. The normalized spacial score (nSPS) is 11.0. The Morgan fingerprint density at radius 2 is 2.00 bits per heavy atom. The summed E-state index contributed by atoms with van der Waals surface area (Å²) in [4.78, 5) is 0. The van der Waals surface area contributed by atoms with Gasteiger partial charge < -0.3 is 5.32 Å². The average molecular weight is 328 g/mol. The maximum atomic E-state index is 6.07. The van der Waals surface area contributed by atoms with E-state index in [0.717, 1.165) is 39.0 Å². The van der Waals surface area contributed by atoms with E-state index in [2.05, 4.69) is 39.6 Å². The number of aryl methyl sites for hydroxylation is 1. The van der Waals surface area contributed by atoms with Crippen LogP contribution in [-0.2, 0) is 0 Å². The first-order chi connectivity index (χ1) is 11.0. The fourth-order valence-electron chi connectivity index (χ4n) is 2.22. The molecule has 0 aliphatic heterocycles. The summed E-state index contributed by atoms with van der Waals surface area (Å²) in [6, 6.07) is 9.75. The van der Waals surface area contributed by atoms with Crippen molar-refractivity contribution in [1.29, 1.82) is 0 Å². The van der Waals surface area contributed by atoms with Crippen molar-refractivity contribution in [3.8, 4) is 11.3 Å². The molecule has 0 saturated heterocycles. The maximum absolute atomic E-state index is 6.07. The zero-order chi connectivity index (χ0) is 16.4. The molecular weight excluding hydrogens is 310 g/mol. The van der Waals surface area contributed by atoms with Gasteiger partial charge in [0.25, 0.3) is 0 Å². The van der Waals surface area contributed by atoms with Gasteiger partial charge in [-0.05, 0) is 36.6 Å². The van der Waals surface area contributed by atoms with Gasteiger partial charge >= 0.3 is 0 Å². The van der Waals surface area contributed by atoms with E-state index in [4.69, 9.17) is 11.6 Å². The summed E-state index contributed by atoms with van der Waals surface area (Å²) in [5.74, 6) is 1.17. The molecule has 0 bridgehead atoms. The van der Waals surface area contributed by atoms with Crippen LogP contribution >= 0.6 is 11.6 Å². The van der Waals surface area contributed by atoms with Gasteiger partial charge in [-0.15, -0.1) is 0 Å². The summed E-state index contributed by atoms with van der Waals surface area (Å²) in [5.41, 5.74) is 4.70. The highest BCUT2D eigenvalue weighted by atomic mass is 35.5. The minimum absolute atomic E-state index is 0.404. The van der Waals surface area contributed by atoms with Crippen LogP contribution in [0.3, 0.4) is 0 Å².